The molecule has 0 bridgehead atoms. The van der Waals surface area contributed by atoms with E-state index in [-0.39, 0.29) is 5.91 Å². The van der Waals surface area contributed by atoms with Gasteiger partial charge >= 0.3 is 0 Å². The van der Waals surface area contributed by atoms with Gasteiger partial charge in [-0.3, -0.25) is 4.79 Å². The lowest BCUT2D eigenvalue weighted by Crippen LogP contribution is -2.35. The van der Waals surface area contributed by atoms with Crippen molar-refractivity contribution in [3.63, 3.8) is 0 Å². The highest BCUT2D eigenvalue weighted by Gasteiger charge is 2.23. The molecule has 1 aromatic heterocycles. The molecule has 1 saturated heterocycles. The first kappa shape index (κ1) is 14.6. The van der Waals surface area contributed by atoms with Crippen LogP contribution >= 0.6 is 0 Å². The summed E-state index contributed by atoms with van der Waals surface area (Å²) in [5, 5.41) is 6.28. The minimum atomic E-state index is 0.0146. The molecule has 1 aromatic rings. The summed E-state index contributed by atoms with van der Waals surface area (Å²) >= 11 is 0. The molecule has 0 spiro atoms. The van der Waals surface area contributed by atoms with Gasteiger partial charge in [-0.2, -0.15) is 0 Å². The summed E-state index contributed by atoms with van der Waals surface area (Å²) in [6, 6.07) is 4.38. The second-order valence-electron chi connectivity index (χ2n) is 5.96. The summed E-state index contributed by atoms with van der Waals surface area (Å²) in [6.45, 7) is 3.25. The number of aromatic nitrogens is 1. The average Bonchev–Trinajstić information content (AvgIpc) is 2.92. The lowest BCUT2D eigenvalue weighted by molar-refractivity contribution is 0.0342. The molecule has 116 valence electrons. The summed E-state index contributed by atoms with van der Waals surface area (Å²) < 4.78 is 7.92. The van der Waals surface area contributed by atoms with Crippen molar-refractivity contribution in [1.29, 1.82) is 0 Å². The van der Waals surface area contributed by atoms with Gasteiger partial charge in [0.05, 0.1) is 12.7 Å². The molecule has 1 amide bonds. The van der Waals surface area contributed by atoms with Crippen molar-refractivity contribution in [2.45, 2.75) is 44.2 Å². The fourth-order valence-corrected chi connectivity index (χ4v) is 3.01. The first-order valence-electron chi connectivity index (χ1n) is 8.12. The van der Waals surface area contributed by atoms with E-state index in [9.17, 15) is 4.79 Å². The minimum absolute atomic E-state index is 0.0146. The van der Waals surface area contributed by atoms with Crippen molar-refractivity contribution in [3.05, 3.63) is 24.0 Å². The Balaban J connectivity index is 1.40. The van der Waals surface area contributed by atoms with Gasteiger partial charge < -0.3 is 19.9 Å². The number of amides is 1. The standard InChI is InChI=1S/C16H25N3O2/c20-16(15-5-2-11-19(15)13-3-1-4-13)18-10-12-21-14-6-8-17-9-7-14/h2,5,11,13-14,17H,1,3-4,6-10,12H2,(H,18,20). The smallest absolute Gasteiger partial charge is 0.267 e. The van der Waals surface area contributed by atoms with Crippen molar-refractivity contribution in [1.82, 2.24) is 15.2 Å². The zero-order chi connectivity index (χ0) is 14.5. The van der Waals surface area contributed by atoms with E-state index >= 15 is 0 Å². The highest BCUT2D eigenvalue weighted by Crippen LogP contribution is 2.32. The van der Waals surface area contributed by atoms with Crippen LogP contribution in [0.4, 0.5) is 0 Å². The molecule has 0 radical (unpaired) electrons. The van der Waals surface area contributed by atoms with E-state index in [0.717, 1.165) is 31.6 Å². The van der Waals surface area contributed by atoms with Crippen LogP contribution in [0.3, 0.4) is 0 Å². The van der Waals surface area contributed by atoms with Gasteiger partial charge in [-0.1, -0.05) is 0 Å². The van der Waals surface area contributed by atoms with Crippen LogP contribution in [0, 0.1) is 0 Å². The third-order valence-corrected chi connectivity index (χ3v) is 4.51. The Morgan fingerprint density at radius 1 is 1.33 bits per heavy atom. The van der Waals surface area contributed by atoms with Gasteiger partial charge in [0.2, 0.25) is 0 Å². The highest BCUT2D eigenvalue weighted by molar-refractivity contribution is 5.92. The van der Waals surface area contributed by atoms with E-state index < -0.39 is 0 Å². The van der Waals surface area contributed by atoms with E-state index in [4.69, 9.17) is 4.74 Å². The van der Waals surface area contributed by atoms with Gasteiger partial charge in [-0.05, 0) is 57.3 Å². The zero-order valence-electron chi connectivity index (χ0n) is 12.5. The lowest BCUT2D eigenvalue weighted by Gasteiger charge is -2.28. The molecule has 0 atom stereocenters. The molecule has 2 aliphatic rings. The van der Waals surface area contributed by atoms with Crippen LogP contribution in [0.15, 0.2) is 18.3 Å². The Morgan fingerprint density at radius 2 is 2.14 bits per heavy atom. The molecular weight excluding hydrogens is 266 g/mol. The van der Waals surface area contributed by atoms with Crippen molar-refractivity contribution >= 4 is 5.91 Å². The topological polar surface area (TPSA) is 55.3 Å². The van der Waals surface area contributed by atoms with E-state index in [1.807, 2.05) is 18.3 Å². The van der Waals surface area contributed by atoms with Crippen LogP contribution in [0.5, 0.6) is 0 Å². The number of piperidine rings is 1. The summed E-state index contributed by atoms with van der Waals surface area (Å²) in [5.41, 5.74) is 0.779. The van der Waals surface area contributed by atoms with Gasteiger partial charge in [0, 0.05) is 18.8 Å². The Labute approximate surface area is 126 Å². The van der Waals surface area contributed by atoms with Crippen molar-refractivity contribution in [2.24, 2.45) is 0 Å². The predicted molar refractivity (Wildman–Crippen MR) is 81.5 cm³/mol. The third kappa shape index (κ3) is 3.66. The van der Waals surface area contributed by atoms with Crippen LogP contribution in [0.25, 0.3) is 0 Å². The predicted octanol–water partition coefficient (Wildman–Crippen LogP) is 1.71. The lowest BCUT2D eigenvalue weighted by atomic mass is 9.93. The number of ether oxygens (including phenoxy) is 1. The summed E-state index contributed by atoms with van der Waals surface area (Å²) in [4.78, 5) is 12.2. The first-order valence-corrected chi connectivity index (χ1v) is 8.12. The van der Waals surface area contributed by atoms with Gasteiger partial charge in [-0.15, -0.1) is 0 Å². The largest absolute Gasteiger partial charge is 0.376 e. The van der Waals surface area contributed by atoms with Crippen molar-refractivity contribution in [3.8, 4) is 0 Å². The first-order chi connectivity index (χ1) is 10.3. The molecule has 2 N–H and O–H groups in total. The second-order valence-corrected chi connectivity index (χ2v) is 5.96. The Bertz CT molecular complexity index is 462. The van der Waals surface area contributed by atoms with E-state index in [0.29, 0.717) is 25.3 Å². The van der Waals surface area contributed by atoms with E-state index in [1.54, 1.807) is 0 Å². The molecule has 1 aliphatic carbocycles. The Morgan fingerprint density at radius 3 is 2.86 bits per heavy atom. The highest BCUT2D eigenvalue weighted by atomic mass is 16.5. The maximum atomic E-state index is 12.2. The van der Waals surface area contributed by atoms with Gasteiger partial charge in [0.1, 0.15) is 5.69 Å². The molecule has 2 fully saturated rings. The van der Waals surface area contributed by atoms with Crippen LogP contribution in [-0.2, 0) is 4.74 Å². The molecule has 21 heavy (non-hydrogen) atoms. The molecule has 0 unspecified atom stereocenters. The number of rotatable bonds is 6. The zero-order valence-corrected chi connectivity index (χ0v) is 12.5. The fourth-order valence-electron chi connectivity index (χ4n) is 3.01. The Hall–Kier alpha value is -1.33. The number of nitrogens with zero attached hydrogens (tertiary/aromatic N) is 1. The van der Waals surface area contributed by atoms with Gasteiger partial charge in [-0.25, -0.2) is 0 Å². The van der Waals surface area contributed by atoms with Crippen molar-refractivity contribution in [2.75, 3.05) is 26.2 Å². The molecule has 0 aromatic carbocycles. The SMILES string of the molecule is O=C(NCCOC1CCNCC1)c1cccn1C1CCC1. The summed E-state index contributed by atoms with van der Waals surface area (Å²) in [6.07, 6.45) is 8.15. The summed E-state index contributed by atoms with van der Waals surface area (Å²) in [5.74, 6) is 0.0146. The van der Waals surface area contributed by atoms with Crippen molar-refractivity contribution < 1.29 is 9.53 Å². The maximum Gasteiger partial charge on any atom is 0.267 e. The molecule has 5 heteroatoms. The monoisotopic (exact) mass is 291 g/mol. The molecular formula is C16H25N3O2. The molecule has 1 saturated carbocycles. The summed E-state index contributed by atoms with van der Waals surface area (Å²) in [7, 11) is 0. The Kier molecular flexibility index (Phi) is 4.93. The van der Waals surface area contributed by atoms with E-state index in [2.05, 4.69) is 15.2 Å². The molecule has 1 aliphatic heterocycles. The third-order valence-electron chi connectivity index (χ3n) is 4.51. The number of nitrogens with one attached hydrogen (secondary N) is 2. The second kappa shape index (κ2) is 7.09. The van der Waals surface area contributed by atoms with Crippen LogP contribution in [0.1, 0.15) is 48.6 Å². The number of hydrogen-bond acceptors (Lipinski definition) is 3. The molecule has 3 rings (SSSR count). The number of hydrogen-bond donors (Lipinski definition) is 2. The molecule has 5 nitrogen and oxygen atoms in total. The normalized spacial score (nSPS) is 20.2. The van der Waals surface area contributed by atoms with Gasteiger partial charge in [0.25, 0.3) is 5.91 Å². The average molecular weight is 291 g/mol. The van der Waals surface area contributed by atoms with Crippen LogP contribution in [-0.4, -0.2) is 42.8 Å². The van der Waals surface area contributed by atoms with Crippen LogP contribution < -0.4 is 10.6 Å². The maximum absolute atomic E-state index is 12.2. The van der Waals surface area contributed by atoms with Gasteiger partial charge in [0.15, 0.2) is 0 Å². The minimum Gasteiger partial charge on any atom is -0.376 e. The molecule has 2 heterocycles. The fraction of sp³-hybridized carbons (Fsp3) is 0.688. The van der Waals surface area contributed by atoms with Crippen LogP contribution in [0.2, 0.25) is 0 Å². The quantitative estimate of drug-likeness (QED) is 0.785. The number of carbonyl (C=O) groups excluding carboxylic acids is 1. The van der Waals surface area contributed by atoms with E-state index in [1.165, 1.54) is 19.3 Å². The number of carbonyl (C=O) groups is 1.